The van der Waals surface area contributed by atoms with E-state index in [2.05, 4.69) is 21.6 Å². The van der Waals surface area contributed by atoms with Crippen LogP contribution in [0.1, 0.15) is 5.56 Å². The van der Waals surface area contributed by atoms with Gasteiger partial charge in [-0.05, 0) is 22.6 Å². The van der Waals surface area contributed by atoms with Crippen molar-refractivity contribution < 1.29 is 4.74 Å². The van der Waals surface area contributed by atoms with Crippen LogP contribution in [0, 0.1) is 11.3 Å². The Kier molecular flexibility index (Phi) is 1.92. The molecule has 82 valence electrons. The van der Waals surface area contributed by atoms with Gasteiger partial charge in [0.15, 0.2) is 5.65 Å². The molecule has 3 rings (SSSR count). The highest BCUT2D eigenvalue weighted by Gasteiger charge is 2.12. The average molecular weight is 225 g/mol. The topological polar surface area (TPSA) is 76.1 Å². The predicted molar refractivity (Wildman–Crippen MR) is 59.6 cm³/mol. The van der Waals surface area contributed by atoms with Gasteiger partial charge in [-0.1, -0.05) is 12.1 Å². The maximum Gasteiger partial charge on any atom is 0.197 e. The molecule has 0 atom stereocenters. The van der Waals surface area contributed by atoms with Crippen molar-refractivity contribution in [3.63, 3.8) is 0 Å². The van der Waals surface area contributed by atoms with Crippen molar-refractivity contribution >= 4 is 16.6 Å². The first-order valence-corrected chi connectivity index (χ1v) is 4.93. The third kappa shape index (κ3) is 1.23. The molecule has 0 aliphatic carbocycles. The van der Waals surface area contributed by atoms with Crippen molar-refractivity contribution in [2.24, 2.45) is 0 Å². The van der Waals surface area contributed by atoms with Crippen LogP contribution >= 0.6 is 0 Å². The minimum atomic E-state index is 0.435. The van der Waals surface area contributed by atoms with Crippen LogP contribution in [-0.4, -0.2) is 27.2 Å². The van der Waals surface area contributed by atoms with Gasteiger partial charge in [-0.2, -0.15) is 9.78 Å². The maximum absolute atomic E-state index is 9.05. The molecule has 0 N–H and O–H groups in total. The minimum Gasteiger partial charge on any atom is -0.494 e. The van der Waals surface area contributed by atoms with Crippen LogP contribution in [0.25, 0.3) is 16.6 Å². The van der Waals surface area contributed by atoms with E-state index in [4.69, 9.17) is 10.00 Å². The van der Waals surface area contributed by atoms with Crippen molar-refractivity contribution in [3.8, 4) is 11.8 Å². The van der Waals surface area contributed by atoms with Crippen molar-refractivity contribution in [2.45, 2.75) is 0 Å². The molecule has 6 heteroatoms. The summed E-state index contributed by atoms with van der Waals surface area (Å²) in [4.78, 5) is 0. The molecule has 0 saturated carbocycles. The molecule has 17 heavy (non-hydrogen) atoms. The fourth-order valence-electron chi connectivity index (χ4n) is 1.86. The Hall–Kier alpha value is -2.68. The van der Waals surface area contributed by atoms with Crippen LogP contribution < -0.4 is 4.74 Å². The van der Waals surface area contributed by atoms with E-state index in [0.29, 0.717) is 17.0 Å². The molecule has 0 unspecified atom stereocenters. The summed E-state index contributed by atoms with van der Waals surface area (Å²) >= 11 is 0. The third-order valence-corrected chi connectivity index (χ3v) is 2.59. The normalized spacial score (nSPS) is 10.6. The molecule has 0 amide bonds. The fourth-order valence-corrected chi connectivity index (χ4v) is 1.86. The highest BCUT2D eigenvalue weighted by molar-refractivity contribution is 5.88. The number of rotatable bonds is 1. The van der Waals surface area contributed by atoms with E-state index in [9.17, 15) is 0 Å². The van der Waals surface area contributed by atoms with Crippen LogP contribution in [0.2, 0.25) is 0 Å². The lowest BCUT2D eigenvalue weighted by atomic mass is 10.1. The zero-order valence-corrected chi connectivity index (χ0v) is 8.95. The van der Waals surface area contributed by atoms with Gasteiger partial charge in [0.1, 0.15) is 17.3 Å². The molecule has 3 aromatic rings. The van der Waals surface area contributed by atoms with Crippen molar-refractivity contribution in [1.29, 1.82) is 5.26 Å². The van der Waals surface area contributed by atoms with E-state index in [1.54, 1.807) is 13.2 Å². The maximum atomic E-state index is 9.05. The second kappa shape index (κ2) is 3.42. The first kappa shape index (κ1) is 9.54. The van der Waals surface area contributed by atoms with E-state index in [1.807, 2.05) is 18.2 Å². The number of ether oxygens (including phenoxy) is 1. The Bertz CT molecular complexity index is 755. The Balaban J connectivity index is 2.60. The Morgan fingerprint density at radius 3 is 3.06 bits per heavy atom. The predicted octanol–water partition coefficient (Wildman–Crippen LogP) is 1.16. The number of nitrogens with zero attached hydrogens (tertiary/aromatic N) is 5. The van der Waals surface area contributed by atoms with Gasteiger partial charge in [0.05, 0.1) is 12.7 Å². The summed E-state index contributed by atoms with van der Waals surface area (Å²) in [6, 6.07) is 9.41. The van der Waals surface area contributed by atoms with Gasteiger partial charge in [0, 0.05) is 5.39 Å². The first-order valence-electron chi connectivity index (χ1n) is 4.93. The molecule has 0 bridgehead atoms. The van der Waals surface area contributed by atoms with Gasteiger partial charge in [0.25, 0.3) is 0 Å². The summed E-state index contributed by atoms with van der Waals surface area (Å²) in [7, 11) is 1.59. The second-order valence-electron chi connectivity index (χ2n) is 3.48. The van der Waals surface area contributed by atoms with Crippen LogP contribution in [0.4, 0.5) is 0 Å². The highest BCUT2D eigenvalue weighted by atomic mass is 16.5. The first-order chi connectivity index (χ1) is 8.35. The number of methoxy groups -OCH3 is 1. The Labute approximate surface area is 96.0 Å². The van der Waals surface area contributed by atoms with Crippen molar-refractivity contribution in [2.75, 3.05) is 7.11 Å². The largest absolute Gasteiger partial charge is 0.494 e. The van der Waals surface area contributed by atoms with Gasteiger partial charge >= 0.3 is 0 Å². The second-order valence-corrected chi connectivity index (χ2v) is 3.48. The van der Waals surface area contributed by atoms with Crippen LogP contribution in [0.5, 0.6) is 5.75 Å². The van der Waals surface area contributed by atoms with E-state index in [1.165, 1.54) is 4.52 Å². The van der Waals surface area contributed by atoms with Crippen molar-refractivity contribution in [3.05, 3.63) is 29.8 Å². The van der Waals surface area contributed by atoms with Gasteiger partial charge in [0.2, 0.25) is 0 Å². The lowest BCUT2D eigenvalue weighted by molar-refractivity contribution is 0.418. The lowest BCUT2D eigenvalue weighted by Crippen LogP contribution is -1.96. The number of hydrogen-bond acceptors (Lipinski definition) is 5. The van der Waals surface area contributed by atoms with Crippen molar-refractivity contribution in [1.82, 2.24) is 20.0 Å². The van der Waals surface area contributed by atoms with Gasteiger partial charge in [-0.15, -0.1) is 5.10 Å². The number of tetrazole rings is 1. The van der Waals surface area contributed by atoms with E-state index in [-0.39, 0.29) is 0 Å². The number of hydrogen-bond donors (Lipinski definition) is 0. The summed E-state index contributed by atoms with van der Waals surface area (Å²) in [6.45, 7) is 0. The molecular formula is C11H7N5O. The summed E-state index contributed by atoms with van der Waals surface area (Å²) in [5.74, 6) is 0.671. The Morgan fingerprint density at radius 2 is 2.29 bits per heavy atom. The zero-order chi connectivity index (χ0) is 11.8. The minimum absolute atomic E-state index is 0.435. The molecule has 2 heterocycles. The SMILES string of the molecule is COc1cccc2cc(C#N)c3nnnn3c12. The zero-order valence-electron chi connectivity index (χ0n) is 8.95. The fraction of sp³-hybridized carbons (Fsp3) is 0.0909. The Morgan fingerprint density at radius 1 is 1.41 bits per heavy atom. The third-order valence-electron chi connectivity index (χ3n) is 2.59. The molecule has 0 spiro atoms. The number of nitriles is 1. The molecule has 0 aliphatic rings. The summed E-state index contributed by atoms with van der Waals surface area (Å²) in [6.07, 6.45) is 0. The quantitative estimate of drug-likeness (QED) is 0.621. The van der Waals surface area contributed by atoms with E-state index in [0.717, 1.165) is 10.9 Å². The number of pyridine rings is 1. The van der Waals surface area contributed by atoms with Crippen LogP contribution in [0.3, 0.4) is 0 Å². The molecule has 2 aromatic heterocycles. The molecule has 0 fully saturated rings. The summed E-state index contributed by atoms with van der Waals surface area (Å²) < 4.78 is 6.80. The molecular weight excluding hydrogens is 218 g/mol. The number of benzene rings is 1. The average Bonchev–Trinajstić information content (AvgIpc) is 2.86. The monoisotopic (exact) mass is 225 g/mol. The molecule has 6 nitrogen and oxygen atoms in total. The van der Waals surface area contributed by atoms with E-state index < -0.39 is 0 Å². The standard InChI is InChI=1S/C11H7N5O/c1-17-9-4-2-3-7-5-8(6-12)11-13-14-15-16(11)10(7)9/h2-5H,1H3. The van der Waals surface area contributed by atoms with Crippen LogP contribution in [-0.2, 0) is 0 Å². The van der Waals surface area contributed by atoms with Crippen LogP contribution in [0.15, 0.2) is 24.3 Å². The summed E-state index contributed by atoms with van der Waals surface area (Å²) in [5, 5.41) is 21.2. The number of para-hydroxylation sites is 1. The highest BCUT2D eigenvalue weighted by Crippen LogP contribution is 2.26. The van der Waals surface area contributed by atoms with Gasteiger partial charge in [-0.3, -0.25) is 0 Å². The molecule has 0 aliphatic heterocycles. The molecule has 0 saturated heterocycles. The number of fused-ring (bicyclic) bond motifs is 3. The van der Waals surface area contributed by atoms with Gasteiger partial charge < -0.3 is 4.74 Å². The van der Waals surface area contributed by atoms with E-state index >= 15 is 0 Å². The molecule has 0 radical (unpaired) electrons. The number of aromatic nitrogens is 4. The summed E-state index contributed by atoms with van der Waals surface area (Å²) in [5.41, 5.74) is 1.63. The lowest BCUT2D eigenvalue weighted by Gasteiger charge is -2.06. The smallest absolute Gasteiger partial charge is 0.197 e. The molecule has 1 aromatic carbocycles. The van der Waals surface area contributed by atoms with Gasteiger partial charge in [-0.25, -0.2) is 0 Å².